The van der Waals surface area contributed by atoms with Crippen molar-refractivity contribution in [3.8, 4) is 0 Å². The average Bonchev–Trinajstić information content (AvgIpc) is 3.37. The van der Waals surface area contributed by atoms with Gasteiger partial charge in [0.05, 0.1) is 6.61 Å². The van der Waals surface area contributed by atoms with Crippen molar-refractivity contribution in [1.82, 2.24) is 0 Å². The zero-order chi connectivity index (χ0) is 53.3. The van der Waals surface area contributed by atoms with Gasteiger partial charge in [-0.3, -0.25) is 14.4 Å². The molecule has 0 aromatic rings. The van der Waals surface area contributed by atoms with Crippen molar-refractivity contribution in [2.24, 2.45) is 0 Å². The first-order valence-electron chi connectivity index (χ1n) is 29.6. The number of carbonyl (C=O) groups excluding carboxylic acids is 3. The summed E-state index contributed by atoms with van der Waals surface area (Å²) in [5, 5.41) is 31.4. The second kappa shape index (κ2) is 49.6. The minimum Gasteiger partial charge on any atom is -0.479 e. The Balaban J connectivity index is 2.63. The highest BCUT2D eigenvalue weighted by molar-refractivity contribution is 5.74. The zero-order valence-electron chi connectivity index (χ0n) is 46.4. The van der Waals surface area contributed by atoms with Crippen LogP contribution in [0.25, 0.3) is 0 Å². The van der Waals surface area contributed by atoms with Gasteiger partial charge in [0.25, 0.3) is 0 Å². The van der Waals surface area contributed by atoms with Crippen LogP contribution < -0.4 is 0 Å². The number of carboxylic acid groups (broad SMARTS) is 1. The number of allylic oxidation sites excluding steroid dienone is 8. The summed E-state index contributed by atoms with van der Waals surface area (Å²) in [7, 11) is 0. The summed E-state index contributed by atoms with van der Waals surface area (Å²) in [6.45, 7) is 5.87. The van der Waals surface area contributed by atoms with Crippen LogP contribution in [0.15, 0.2) is 48.6 Å². The Morgan fingerprint density at radius 3 is 1.32 bits per heavy atom. The van der Waals surface area contributed by atoms with Gasteiger partial charge < -0.3 is 39.0 Å². The van der Waals surface area contributed by atoms with E-state index in [1.807, 2.05) is 0 Å². The molecule has 0 spiro atoms. The maximum atomic E-state index is 13.1. The molecule has 1 rings (SSSR count). The van der Waals surface area contributed by atoms with E-state index in [0.717, 1.165) is 103 Å². The number of aliphatic hydroxyl groups is 2. The van der Waals surface area contributed by atoms with Crippen LogP contribution in [0.5, 0.6) is 0 Å². The van der Waals surface area contributed by atoms with Crippen LogP contribution in [0.1, 0.15) is 265 Å². The molecule has 422 valence electrons. The van der Waals surface area contributed by atoms with Crippen LogP contribution >= 0.6 is 0 Å². The molecular formula is C61H106O12. The van der Waals surface area contributed by atoms with Crippen LogP contribution in [0.4, 0.5) is 0 Å². The quantitative estimate of drug-likeness (QED) is 0.0228. The largest absolute Gasteiger partial charge is 0.479 e. The molecule has 0 amide bonds. The van der Waals surface area contributed by atoms with E-state index in [-0.39, 0.29) is 25.9 Å². The molecule has 0 aromatic heterocycles. The molecular weight excluding hydrogens is 925 g/mol. The van der Waals surface area contributed by atoms with Crippen molar-refractivity contribution >= 4 is 23.9 Å². The molecule has 1 aliphatic rings. The first kappa shape index (κ1) is 67.7. The summed E-state index contributed by atoms with van der Waals surface area (Å²) < 4.78 is 28.4. The predicted octanol–water partition coefficient (Wildman–Crippen LogP) is 15.0. The molecule has 0 aromatic carbocycles. The molecule has 1 heterocycles. The number of hydrogen-bond acceptors (Lipinski definition) is 11. The lowest BCUT2D eigenvalue weighted by Gasteiger charge is -2.40. The van der Waals surface area contributed by atoms with Gasteiger partial charge in [-0.1, -0.05) is 236 Å². The third kappa shape index (κ3) is 39.7. The highest BCUT2D eigenvalue weighted by Gasteiger charge is 2.50. The smallest absolute Gasteiger partial charge is 0.335 e. The standard InChI is InChI=1S/C61H106O12/c1-4-7-10-13-16-19-21-23-25-26-27-28-30-32-34-37-40-43-46-49-55(64)72-59-57(66)56(65)58(60(67)68)73-61(59)70-51-52(71-54(63)48-45-42-39-35-18-15-12-9-6-3)50-69-53(62)47-44-41-38-36-33-31-29-24-22-20-17-14-11-8-5-2/h7,10,16,19,23,25,27-28,52,56-59,61,65-66H,4-6,8-9,11-15,17-18,20-22,24,26,29-51H2,1-3H3,(H,67,68)/b10-7-,19-16-,25-23-,28-27-. The fourth-order valence-electron chi connectivity index (χ4n) is 8.89. The van der Waals surface area contributed by atoms with Crippen LogP contribution in [-0.2, 0) is 42.9 Å². The Kier molecular flexibility index (Phi) is 45.9. The summed E-state index contributed by atoms with van der Waals surface area (Å²) in [4.78, 5) is 51.0. The Hall–Kier alpha value is -3.32. The number of carbonyl (C=O) groups is 4. The van der Waals surface area contributed by atoms with Crippen molar-refractivity contribution in [3.63, 3.8) is 0 Å². The number of hydrogen-bond donors (Lipinski definition) is 3. The molecule has 1 fully saturated rings. The number of unbranched alkanes of at least 4 members (excludes halogenated alkanes) is 28. The van der Waals surface area contributed by atoms with E-state index in [1.54, 1.807) is 0 Å². The predicted molar refractivity (Wildman–Crippen MR) is 294 cm³/mol. The molecule has 6 atom stereocenters. The average molecular weight is 1030 g/mol. The second-order valence-electron chi connectivity index (χ2n) is 20.3. The van der Waals surface area contributed by atoms with Gasteiger partial charge >= 0.3 is 23.9 Å². The molecule has 12 nitrogen and oxygen atoms in total. The van der Waals surface area contributed by atoms with Crippen molar-refractivity contribution in [2.75, 3.05) is 13.2 Å². The molecule has 0 radical (unpaired) electrons. The van der Waals surface area contributed by atoms with Crippen molar-refractivity contribution in [1.29, 1.82) is 0 Å². The van der Waals surface area contributed by atoms with Gasteiger partial charge in [0.1, 0.15) is 18.8 Å². The first-order chi connectivity index (χ1) is 35.6. The Morgan fingerprint density at radius 2 is 0.863 bits per heavy atom. The zero-order valence-corrected chi connectivity index (χ0v) is 46.4. The lowest BCUT2D eigenvalue weighted by Crippen LogP contribution is -2.61. The van der Waals surface area contributed by atoms with E-state index in [9.17, 15) is 34.5 Å². The Morgan fingerprint density at radius 1 is 0.466 bits per heavy atom. The lowest BCUT2D eigenvalue weighted by molar-refractivity contribution is -0.301. The van der Waals surface area contributed by atoms with Crippen LogP contribution in [0.2, 0.25) is 0 Å². The van der Waals surface area contributed by atoms with Crippen molar-refractivity contribution in [3.05, 3.63) is 48.6 Å². The molecule has 0 bridgehead atoms. The molecule has 73 heavy (non-hydrogen) atoms. The molecule has 12 heteroatoms. The van der Waals surface area contributed by atoms with Crippen LogP contribution in [0, 0.1) is 0 Å². The van der Waals surface area contributed by atoms with Crippen LogP contribution in [-0.4, -0.2) is 89.2 Å². The summed E-state index contributed by atoms with van der Waals surface area (Å²) in [6.07, 6.45) is 46.6. The lowest BCUT2D eigenvalue weighted by atomic mass is 9.98. The number of esters is 3. The van der Waals surface area contributed by atoms with E-state index in [1.165, 1.54) is 103 Å². The highest BCUT2D eigenvalue weighted by Crippen LogP contribution is 2.26. The molecule has 6 unspecified atom stereocenters. The number of carboxylic acids is 1. The molecule has 3 N–H and O–H groups in total. The molecule has 0 saturated carbocycles. The number of aliphatic carboxylic acids is 1. The highest BCUT2D eigenvalue weighted by atomic mass is 16.7. The molecule has 0 aliphatic carbocycles. The van der Waals surface area contributed by atoms with Gasteiger partial charge in [-0.2, -0.15) is 0 Å². The first-order valence-corrected chi connectivity index (χ1v) is 29.6. The maximum Gasteiger partial charge on any atom is 0.335 e. The summed E-state index contributed by atoms with van der Waals surface area (Å²) in [5.41, 5.74) is 0. The number of aliphatic hydroxyl groups excluding tert-OH is 2. The molecule has 1 saturated heterocycles. The fourth-order valence-corrected chi connectivity index (χ4v) is 8.89. The van der Waals surface area contributed by atoms with Crippen molar-refractivity contribution in [2.45, 2.75) is 302 Å². The molecule has 1 aliphatic heterocycles. The fraction of sp³-hybridized carbons (Fsp3) is 0.803. The normalized spacial score (nSPS) is 18.6. The van der Waals surface area contributed by atoms with E-state index < -0.39 is 67.3 Å². The van der Waals surface area contributed by atoms with E-state index in [4.69, 9.17) is 23.7 Å². The summed E-state index contributed by atoms with van der Waals surface area (Å²) in [6, 6.07) is 0. The Bertz CT molecular complexity index is 1460. The third-order valence-electron chi connectivity index (χ3n) is 13.4. The second-order valence-corrected chi connectivity index (χ2v) is 20.3. The van der Waals surface area contributed by atoms with Gasteiger partial charge in [-0.05, 0) is 57.8 Å². The van der Waals surface area contributed by atoms with Gasteiger partial charge in [0.2, 0.25) is 0 Å². The third-order valence-corrected chi connectivity index (χ3v) is 13.4. The van der Waals surface area contributed by atoms with E-state index in [0.29, 0.717) is 19.3 Å². The van der Waals surface area contributed by atoms with Gasteiger partial charge in [-0.25, -0.2) is 4.79 Å². The van der Waals surface area contributed by atoms with E-state index >= 15 is 0 Å². The summed E-state index contributed by atoms with van der Waals surface area (Å²) in [5.74, 6) is -3.12. The summed E-state index contributed by atoms with van der Waals surface area (Å²) >= 11 is 0. The monoisotopic (exact) mass is 1030 g/mol. The minimum absolute atomic E-state index is 0.0464. The topological polar surface area (TPSA) is 175 Å². The van der Waals surface area contributed by atoms with E-state index in [2.05, 4.69) is 69.4 Å². The van der Waals surface area contributed by atoms with Gasteiger partial charge in [-0.15, -0.1) is 0 Å². The Labute approximate surface area is 443 Å². The SMILES string of the molecule is CC/C=C\C/C=C\C/C=C\C/C=C\CCCCCCCCC(=O)OC1C(OCC(COC(=O)CCCCCCCCCCCCCCCCC)OC(=O)CCCCCCCCCCC)OC(C(=O)O)C(O)C1O. The minimum atomic E-state index is -1.91. The maximum absolute atomic E-state index is 13.1. The van der Waals surface area contributed by atoms with Crippen molar-refractivity contribution < 1.29 is 58.2 Å². The van der Waals surface area contributed by atoms with Gasteiger partial charge in [0, 0.05) is 19.3 Å². The number of ether oxygens (including phenoxy) is 5. The van der Waals surface area contributed by atoms with Gasteiger partial charge in [0.15, 0.2) is 24.6 Å². The number of rotatable bonds is 50. The van der Waals surface area contributed by atoms with Crippen LogP contribution in [0.3, 0.4) is 0 Å².